The van der Waals surface area contributed by atoms with Crippen molar-refractivity contribution in [1.82, 2.24) is 0 Å². The molecular weight excluding hydrogens is 463 g/mol. The van der Waals surface area contributed by atoms with Crippen molar-refractivity contribution in [3.63, 3.8) is 0 Å². The van der Waals surface area contributed by atoms with Crippen LogP contribution in [-0.2, 0) is 4.57 Å². The SMILES string of the molecule is O=[P+]([O-])[O-].[CH2-]CCCCCCCCC.[CH2-]CCCCCCCCC.[Nd]. The Kier molecular flexibility index (Phi) is 49.3. The summed E-state index contributed by atoms with van der Waals surface area (Å²) in [5.74, 6) is 0. The molecular formula is C20H42NdO3P-3. The van der Waals surface area contributed by atoms with E-state index in [4.69, 9.17) is 14.4 Å². The smallest absolute Gasteiger partial charge is 0.276 e. The first-order valence-corrected chi connectivity index (χ1v) is 11.1. The molecule has 25 heavy (non-hydrogen) atoms. The van der Waals surface area contributed by atoms with Crippen LogP contribution in [0.1, 0.15) is 117 Å². The minimum Gasteiger partial charge on any atom is -0.598 e. The van der Waals surface area contributed by atoms with Crippen molar-refractivity contribution in [2.75, 3.05) is 0 Å². The molecule has 0 aliphatic rings. The van der Waals surface area contributed by atoms with Gasteiger partial charge in [-0.1, -0.05) is 108 Å². The topological polar surface area (TPSA) is 63.2 Å². The van der Waals surface area contributed by atoms with Gasteiger partial charge in [0.1, 0.15) is 0 Å². The molecule has 152 valence electrons. The summed E-state index contributed by atoms with van der Waals surface area (Å²) in [6.07, 6.45) is 21.8. The second-order valence-electron chi connectivity index (χ2n) is 6.17. The summed E-state index contributed by atoms with van der Waals surface area (Å²) in [7, 11) is -3.37. The largest absolute Gasteiger partial charge is 0.598 e. The van der Waals surface area contributed by atoms with Gasteiger partial charge in [-0.05, 0) is 0 Å². The van der Waals surface area contributed by atoms with Crippen LogP contribution in [0.4, 0.5) is 0 Å². The predicted molar refractivity (Wildman–Crippen MR) is 104 cm³/mol. The summed E-state index contributed by atoms with van der Waals surface area (Å²) in [6.45, 7) is 12.2. The first-order chi connectivity index (χ1) is 11.6. The van der Waals surface area contributed by atoms with E-state index in [0.29, 0.717) is 0 Å². The summed E-state index contributed by atoms with van der Waals surface area (Å²) < 4.78 is 8.48. The van der Waals surface area contributed by atoms with Crippen LogP contribution >= 0.6 is 8.25 Å². The normalized spacial score (nSPS) is 9.20. The molecule has 0 aromatic carbocycles. The average molecular weight is 506 g/mol. The maximum absolute atomic E-state index is 8.48. The number of hydrogen-bond donors (Lipinski definition) is 0. The predicted octanol–water partition coefficient (Wildman–Crippen LogP) is 6.29. The molecule has 0 aliphatic carbocycles. The van der Waals surface area contributed by atoms with E-state index in [2.05, 4.69) is 27.7 Å². The summed E-state index contributed by atoms with van der Waals surface area (Å²) in [6, 6.07) is 0. The van der Waals surface area contributed by atoms with Crippen molar-refractivity contribution in [2.24, 2.45) is 0 Å². The molecule has 0 saturated heterocycles. The molecule has 0 saturated carbocycles. The van der Waals surface area contributed by atoms with E-state index in [1.54, 1.807) is 0 Å². The molecule has 0 heterocycles. The fourth-order valence-corrected chi connectivity index (χ4v) is 2.27. The fraction of sp³-hybridized carbons (Fsp3) is 0.900. The molecule has 0 radical (unpaired) electrons. The van der Waals surface area contributed by atoms with Crippen molar-refractivity contribution in [3.8, 4) is 0 Å². The first-order valence-electron chi connectivity index (χ1n) is 9.96. The van der Waals surface area contributed by atoms with Gasteiger partial charge >= 0.3 is 0 Å². The van der Waals surface area contributed by atoms with Crippen LogP contribution in [0.15, 0.2) is 0 Å². The fourth-order valence-electron chi connectivity index (χ4n) is 2.27. The molecule has 0 spiro atoms. The third-order valence-corrected chi connectivity index (χ3v) is 3.71. The van der Waals surface area contributed by atoms with Crippen LogP contribution in [0.3, 0.4) is 0 Å². The molecule has 0 N–H and O–H groups in total. The Morgan fingerprint density at radius 2 is 0.800 bits per heavy atom. The standard InChI is InChI=1S/2C10H21.Nd.HO3P/c2*1-3-5-7-9-10-8-6-4-2;;1-4(2)3/h2*1,3-10H2,2H3;;(H,1,2,3)/q2*-1;;/p-1. The number of hydrogen-bond acceptors (Lipinski definition) is 3. The Morgan fingerprint density at radius 3 is 1.00 bits per heavy atom. The molecule has 0 rings (SSSR count). The molecule has 0 aromatic rings. The Labute approximate surface area is 192 Å². The Hall–Kier alpha value is 1.37. The van der Waals surface area contributed by atoms with Crippen molar-refractivity contribution in [2.45, 2.75) is 117 Å². The minimum atomic E-state index is -3.37. The average Bonchev–Trinajstić information content (AvgIpc) is 2.54. The van der Waals surface area contributed by atoms with Crippen molar-refractivity contribution in [3.05, 3.63) is 13.8 Å². The zero-order chi connectivity index (χ0) is 18.9. The van der Waals surface area contributed by atoms with Gasteiger partial charge in [0, 0.05) is 40.8 Å². The van der Waals surface area contributed by atoms with Gasteiger partial charge in [0.2, 0.25) is 0 Å². The summed E-state index contributed by atoms with van der Waals surface area (Å²) in [5, 5.41) is 0. The molecule has 0 aromatic heterocycles. The van der Waals surface area contributed by atoms with Crippen LogP contribution in [0, 0.1) is 54.7 Å². The minimum absolute atomic E-state index is 0. The van der Waals surface area contributed by atoms with Crippen LogP contribution in [0.25, 0.3) is 0 Å². The zero-order valence-electron chi connectivity index (χ0n) is 16.9. The molecule has 0 aliphatic heterocycles. The van der Waals surface area contributed by atoms with E-state index in [9.17, 15) is 0 Å². The summed E-state index contributed by atoms with van der Waals surface area (Å²) in [5.41, 5.74) is 0. The number of unbranched alkanes of at least 4 members (excludes halogenated alkanes) is 14. The molecule has 0 unspecified atom stereocenters. The van der Waals surface area contributed by atoms with Crippen LogP contribution in [0.5, 0.6) is 0 Å². The maximum Gasteiger partial charge on any atom is 0.276 e. The van der Waals surface area contributed by atoms with E-state index in [0.717, 1.165) is 12.8 Å². The van der Waals surface area contributed by atoms with Gasteiger partial charge < -0.3 is 23.6 Å². The van der Waals surface area contributed by atoms with E-state index >= 15 is 0 Å². The maximum atomic E-state index is 8.48. The summed E-state index contributed by atoms with van der Waals surface area (Å²) in [4.78, 5) is 17.0. The molecule has 0 atom stereocenters. The van der Waals surface area contributed by atoms with Gasteiger partial charge in [-0.25, -0.2) is 0 Å². The second kappa shape index (κ2) is 36.3. The van der Waals surface area contributed by atoms with Crippen molar-refractivity contribution in [1.29, 1.82) is 0 Å². The third kappa shape index (κ3) is 58.7. The van der Waals surface area contributed by atoms with Crippen molar-refractivity contribution < 1.29 is 55.2 Å². The van der Waals surface area contributed by atoms with Crippen LogP contribution in [0.2, 0.25) is 0 Å². The van der Waals surface area contributed by atoms with E-state index in [-0.39, 0.29) is 40.8 Å². The van der Waals surface area contributed by atoms with Gasteiger partial charge in [-0.3, -0.25) is 0 Å². The second-order valence-corrected chi connectivity index (χ2v) is 6.62. The first kappa shape index (κ1) is 33.9. The van der Waals surface area contributed by atoms with Gasteiger partial charge in [0.25, 0.3) is 8.25 Å². The molecule has 0 amide bonds. The third-order valence-electron chi connectivity index (χ3n) is 3.71. The van der Waals surface area contributed by atoms with Crippen LogP contribution in [-0.4, -0.2) is 0 Å². The Bertz CT molecular complexity index is 181. The van der Waals surface area contributed by atoms with Gasteiger partial charge in [0.05, 0.1) is 0 Å². The van der Waals surface area contributed by atoms with Crippen LogP contribution < -0.4 is 9.79 Å². The monoisotopic (exact) mass is 503 g/mol. The van der Waals surface area contributed by atoms with E-state index < -0.39 is 8.25 Å². The van der Waals surface area contributed by atoms with Gasteiger partial charge in [-0.15, -0.1) is 0 Å². The number of rotatable bonds is 14. The Morgan fingerprint density at radius 1 is 0.600 bits per heavy atom. The Balaban J connectivity index is -0.000000141. The molecule has 0 fully saturated rings. The van der Waals surface area contributed by atoms with Crippen molar-refractivity contribution >= 4 is 8.25 Å². The molecule has 5 heteroatoms. The van der Waals surface area contributed by atoms with E-state index in [1.807, 2.05) is 0 Å². The van der Waals surface area contributed by atoms with E-state index in [1.165, 1.54) is 89.9 Å². The molecule has 3 nitrogen and oxygen atoms in total. The molecule has 0 bridgehead atoms. The quantitative estimate of drug-likeness (QED) is 0.158. The van der Waals surface area contributed by atoms with Gasteiger partial charge in [0.15, 0.2) is 0 Å². The van der Waals surface area contributed by atoms with Gasteiger partial charge in [-0.2, -0.15) is 12.8 Å². The zero-order valence-corrected chi connectivity index (χ0v) is 21.0. The summed E-state index contributed by atoms with van der Waals surface area (Å²) >= 11 is 0.